The fraction of sp³-hybridized carbons (Fsp3) is 0.550. The van der Waals surface area contributed by atoms with Crippen LogP contribution in [-0.4, -0.2) is 22.7 Å². The van der Waals surface area contributed by atoms with Crippen molar-refractivity contribution in [3.8, 4) is 0 Å². The van der Waals surface area contributed by atoms with Crippen LogP contribution in [0.2, 0.25) is 0 Å². The van der Waals surface area contributed by atoms with Crippen LogP contribution in [0.3, 0.4) is 0 Å². The number of amides is 1. The number of hydrogen-bond acceptors (Lipinski definition) is 2. The molecule has 0 radical (unpaired) electrons. The monoisotopic (exact) mass is 328 g/mol. The van der Waals surface area contributed by atoms with E-state index in [1.807, 2.05) is 27.7 Å². The molecule has 0 fully saturated rings. The first kappa shape index (κ1) is 16.9. The average Bonchev–Trinajstić information content (AvgIpc) is 2.85. The first-order valence-corrected chi connectivity index (χ1v) is 8.93. The Bertz CT molecular complexity index is 740. The van der Waals surface area contributed by atoms with E-state index in [4.69, 9.17) is 4.74 Å². The van der Waals surface area contributed by atoms with Gasteiger partial charge in [-0.05, 0) is 88.6 Å². The summed E-state index contributed by atoms with van der Waals surface area (Å²) in [4.78, 5) is 15.3. The molecule has 1 atom stereocenters. The smallest absolute Gasteiger partial charge is 0.407 e. The van der Waals surface area contributed by atoms with Crippen molar-refractivity contribution in [2.75, 3.05) is 0 Å². The van der Waals surface area contributed by atoms with Gasteiger partial charge in [-0.15, -0.1) is 0 Å². The third-order valence-electron chi connectivity index (χ3n) is 4.52. The molecule has 1 heterocycles. The van der Waals surface area contributed by atoms with Crippen LogP contribution in [0.25, 0.3) is 10.9 Å². The van der Waals surface area contributed by atoms with Crippen LogP contribution in [-0.2, 0) is 24.0 Å². The van der Waals surface area contributed by atoms with Crippen LogP contribution < -0.4 is 5.32 Å². The number of aryl methyl sites for hydroxylation is 2. The lowest BCUT2D eigenvalue weighted by molar-refractivity contribution is 0.0508. The Kier molecular flexibility index (Phi) is 4.57. The summed E-state index contributed by atoms with van der Waals surface area (Å²) in [6, 6.07) is 4.67. The third kappa shape index (κ3) is 3.92. The molecule has 0 saturated heterocycles. The minimum atomic E-state index is -0.469. The number of alkyl carbamates (subject to hydrolysis) is 1. The van der Waals surface area contributed by atoms with Crippen molar-refractivity contribution in [1.82, 2.24) is 10.3 Å². The van der Waals surface area contributed by atoms with Gasteiger partial charge in [-0.3, -0.25) is 0 Å². The summed E-state index contributed by atoms with van der Waals surface area (Å²) in [5.74, 6) is 0. The molecule has 1 aliphatic carbocycles. The molecule has 24 heavy (non-hydrogen) atoms. The topological polar surface area (TPSA) is 54.1 Å². The third-order valence-corrected chi connectivity index (χ3v) is 4.52. The Labute approximate surface area is 144 Å². The van der Waals surface area contributed by atoms with Crippen LogP contribution in [0.4, 0.5) is 4.79 Å². The highest BCUT2D eigenvalue weighted by atomic mass is 16.6. The number of ether oxygens (including phenoxy) is 1. The Morgan fingerprint density at radius 3 is 2.58 bits per heavy atom. The Hall–Kier alpha value is -1.97. The van der Waals surface area contributed by atoms with Crippen LogP contribution >= 0.6 is 0 Å². The minimum absolute atomic E-state index is 0.0230. The predicted octanol–water partition coefficient (Wildman–Crippen LogP) is 4.50. The fourth-order valence-corrected chi connectivity index (χ4v) is 3.47. The number of aromatic nitrogens is 1. The van der Waals surface area contributed by atoms with E-state index in [0.29, 0.717) is 0 Å². The Morgan fingerprint density at radius 1 is 1.25 bits per heavy atom. The lowest BCUT2D eigenvalue weighted by Crippen LogP contribution is -2.38. The molecule has 1 amide bonds. The Balaban J connectivity index is 1.72. The van der Waals surface area contributed by atoms with E-state index in [1.165, 1.54) is 53.3 Å². The molecular weight excluding hydrogens is 300 g/mol. The average molecular weight is 328 g/mol. The van der Waals surface area contributed by atoms with Gasteiger partial charge in [-0.1, -0.05) is 0 Å². The van der Waals surface area contributed by atoms with E-state index in [0.717, 1.165) is 6.42 Å². The number of nitrogens with one attached hydrogen (secondary N) is 2. The predicted molar refractivity (Wildman–Crippen MR) is 97.5 cm³/mol. The molecule has 0 aliphatic heterocycles. The second-order valence-corrected chi connectivity index (χ2v) is 7.94. The van der Waals surface area contributed by atoms with E-state index in [1.54, 1.807) is 0 Å². The van der Waals surface area contributed by atoms with Gasteiger partial charge in [0.15, 0.2) is 0 Å². The number of aromatic amines is 1. The van der Waals surface area contributed by atoms with Gasteiger partial charge < -0.3 is 15.0 Å². The van der Waals surface area contributed by atoms with Crippen molar-refractivity contribution in [3.05, 3.63) is 35.0 Å². The number of fused-ring (bicyclic) bond motifs is 2. The number of carbonyl (C=O) groups is 1. The van der Waals surface area contributed by atoms with Crippen LogP contribution in [0.15, 0.2) is 18.3 Å². The van der Waals surface area contributed by atoms with Gasteiger partial charge in [-0.2, -0.15) is 0 Å². The molecule has 0 spiro atoms. The van der Waals surface area contributed by atoms with Crippen LogP contribution in [0.1, 0.15) is 57.2 Å². The number of rotatable bonds is 3. The van der Waals surface area contributed by atoms with Crippen molar-refractivity contribution in [3.63, 3.8) is 0 Å². The van der Waals surface area contributed by atoms with Crippen LogP contribution in [0.5, 0.6) is 0 Å². The molecule has 2 N–H and O–H groups in total. The highest BCUT2D eigenvalue weighted by Gasteiger charge is 2.19. The molecular formula is C20H28N2O2. The van der Waals surface area contributed by atoms with E-state index in [-0.39, 0.29) is 12.1 Å². The van der Waals surface area contributed by atoms with Gasteiger partial charge >= 0.3 is 6.09 Å². The van der Waals surface area contributed by atoms with E-state index in [9.17, 15) is 4.79 Å². The van der Waals surface area contributed by atoms with Crippen molar-refractivity contribution in [1.29, 1.82) is 0 Å². The maximum Gasteiger partial charge on any atom is 0.407 e. The highest BCUT2D eigenvalue weighted by Crippen LogP contribution is 2.28. The van der Waals surface area contributed by atoms with Crippen molar-refractivity contribution in [2.24, 2.45) is 0 Å². The van der Waals surface area contributed by atoms with Gasteiger partial charge in [-0.25, -0.2) is 4.79 Å². The van der Waals surface area contributed by atoms with Gasteiger partial charge in [0.2, 0.25) is 0 Å². The van der Waals surface area contributed by atoms with Gasteiger partial charge in [0.25, 0.3) is 0 Å². The summed E-state index contributed by atoms with van der Waals surface area (Å²) in [6.45, 7) is 7.64. The molecule has 0 bridgehead atoms. The molecule has 1 unspecified atom stereocenters. The summed E-state index contributed by atoms with van der Waals surface area (Å²) >= 11 is 0. The lowest BCUT2D eigenvalue weighted by atomic mass is 9.90. The molecule has 1 aliphatic rings. The summed E-state index contributed by atoms with van der Waals surface area (Å²) < 4.78 is 5.33. The largest absolute Gasteiger partial charge is 0.444 e. The standard InChI is InChI=1S/C20H28N2O2/c1-13(22-19(23)24-20(2,3)4)9-16-12-21-18-11-15-8-6-5-7-14(15)10-17(16)18/h10-13,21H,5-9H2,1-4H3,(H,22,23). The highest BCUT2D eigenvalue weighted by molar-refractivity contribution is 5.85. The zero-order valence-corrected chi connectivity index (χ0v) is 15.2. The lowest BCUT2D eigenvalue weighted by Gasteiger charge is -2.22. The van der Waals surface area contributed by atoms with E-state index in [2.05, 4.69) is 28.6 Å². The van der Waals surface area contributed by atoms with Gasteiger partial charge in [0.1, 0.15) is 5.60 Å². The van der Waals surface area contributed by atoms with Crippen LogP contribution in [0, 0.1) is 0 Å². The normalized spacial score (nSPS) is 15.8. The molecule has 3 rings (SSSR count). The first-order chi connectivity index (χ1) is 11.3. The molecule has 0 saturated carbocycles. The molecule has 1 aromatic carbocycles. The molecule has 4 nitrogen and oxygen atoms in total. The summed E-state index contributed by atoms with van der Waals surface area (Å²) in [7, 11) is 0. The quantitative estimate of drug-likeness (QED) is 0.871. The molecule has 2 aromatic rings. The van der Waals surface area contributed by atoms with Crippen molar-refractivity contribution >= 4 is 17.0 Å². The second kappa shape index (κ2) is 6.50. The number of hydrogen-bond donors (Lipinski definition) is 2. The van der Waals surface area contributed by atoms with E-state index < -0.39 is 5.60 Å². The fourth-order valence-electron chi connectivity index (χ4n) is 3.47. The van der Waals surface area contributed by atoms with Gasteiger partial charge in [0.05, 0.1) is 0 Å². The summed E-state index contributed by atoms with van der Waals surface area (Å²) in [6.07, 6.45) is 7.46. The SMILES string of the molecule is CC(Cc1c[nH]c2cc3c(cc12)CCCC3)NC(=O)OC(C)(C)C. The second-order valence-electron chi connectivity index (χ2n) is 7.94. The first-order valence-electron chi connectivity index (χ1n) is 8.93. The molecule has 4 heteroatoms. The van der Waals surface area contributed by atoms with Crippen molar-refractivity contribution < 1.29 is 9.53 Å². The zero-order chi connectivity index (χ0) is 17.3. The minimum Gasteiger partial charge on any atom is -0.444 e. The summed E-state index contributed by atoms with van der Waals surface area (Å²) in [5.41, 5.74) is 4.96. The number of carbonyl (C=O) groups excluding carboxylic acids is 1. The van der Waals surface area contributed by atoms with Crippen molar-refractivity contribution in [2.45, 2.75) is 71.4 Å². The molecule has 1 aromatic heterocycles. The number of H-pyrrole nitrogens is 1. The maximum atomic E-state index is 11.9. The maximum absolute atomic E-state index is 11.9. The molecule has 130 valence electrons. The zero-order valence-electron chi connectivity index (χ0n) is 15.2. The Morgan fingerprint density at radius 2 is 1.92 bits per heavy atom. The van der Waals surface area contributed by atoms with E-state index >= 15 is 0 Å². The summed E-state index contributed by atoms with van der Waals surface area (Å²) in [5, 5.41) is 4.21. The number of benzene rings is 1. The van der Waals surface area contributed by atoms with Gasteiger partial charge in [0, 0.05) is 23.1 Å².